The average Bonchev–Trinajstić information content (AvgIpc) is 2.45. The van der Waals surface area contributed by atoms with Crippen molar-refractivity contribution >= 4 is 5.97 Å². The second-order valence-corrected chi connectivity index (χ2v) is 4.31. The molecule has 4 nitrogen and oxygen atoms in total. The van der Waals surface area contributed by atoms with Crippen LogP contribution in [-0.2, 0) is 9.47 Å². The SMILES string of the molecule is O=C(OCCCN1CCOCC1)c1ccccc1. The van der Waals surface area contributed by atoms with Crippen LogP contribution in [0, 0.1) is 0 Å². The number of hydrogen-bond donors (Lipinski definition) is 0. The van der Waals surface area contributed by atoms with Crippen LogP contribution in [0.5, 0.6) is 0 Å². The lowest BCUT2D eigenvalue weighted by atomic mass is 10.2. The molecule has 98 valence electrons. The number of nitrogens with zero attached hydrogens (tertiary/aromatic N) is 1. The molecule has 0 aromatic heterocycles. The van der Waals surface area contributed by atoms with Crippen molar-refractivity contribution in [2.75, 3.05) is 39.5 Å². The van der Waals surface area contributed by atoms with Gasteiger partial charge in [-0.2, -0.15) is 0 Å². The summed E-state index contributed by atoms with van der Waals surface area (Å²) in [5.41, 5.74) is 0.615. The molecule has 1 fully saturated rings. The molecule has 0 saturated carbocycles. The largest absolute Gasteiger partial charge is 0.462 e. The van der Waals surface area contributed by atoms with Crippen molar-refractivity contribution in [1.29, 1.82) is 0 Å². The standard InChI is InChI=1S/C14H19NO3/c16-14(13-5-2-1-3-6-13)18-10-4-7-15-8-11-17-12-9-15/h1-3,5-6H,4,7-12H2. The highest BCUT2D eigenvalue weighted by Crippen LogP contribution is 2.02. The number of benzene rings is 1. The third-order valence-electron chi connectivity index (χ3n) is 2.97. The first-order valence-corrected chi connectivity index (χ1v) is 6.38. The van der Waals surface area contributed by atoms with E-state index < -0.39 is 0 Å². The minimum Gasteiger partial charge on any atom is -0.462 e. The van der Waals surface area contributed by atoms with Crippen LogP contribution < -0.4 is 0 Å². The molecule has 0 amide bonds. The summed E-state index contributed by atoms with van der Waals surface area (Å²) >= 11 is 0. The van der Waals surface area contributed by atoms with E-state index in [4.69, 9.17) is 9.47 Å². The van der Waals surface area contributed by atoms with Crippen LogP contribution in [0.15, 0.2) is 30.3 Å². The maximum atomic E-state index is 11.6. The van der Waals surface area contributed by atoms with E-state index >= 15 is 0 Å². The quantitative estimate of drug-likeness (QED) is 0.586. The fourth-order valence-electron chi connectivity index (χ4n) is 1.94. The molecule has 0 radical (unpaired) electrons. The van der Waals surface area contributed by atoms with Gasteiger partial charge in [-0.3, -0.25) is 4.90 Å². The Labute approximate surface area is 107 Å². The van der Waals surface area contributed by atoms with Crippen LogP contribution in [0.2, 0.25) is 0 Å². The summed E-state index contributed by atoms with van der Waals surface area (Å²) in [6, 6.07) is 9.10. The molecule has 0 atom stereocenters. The molecule has 1 aliphatic rings. The van der Waals surface area contributed by atoms with Gasteiger partial charge in [-0.05, 0) is 18.6 Å². The lowest BCUT2D eigenvalue weighted by Crippen LogP contribution is -2.37. The third-order valence-corrected chi connectivity index (χ3v) is 2.97. The summed E-state index contributed by atoms with van der Waals surface area (Å²) < 4.78 is 10.5. The number of hydrogen-bond acceptors (Lipinski definition) is 4. The zero-order valence-corrected chi connectivity index (χ0v) is 10.5. The Morgan fingerprint density at radius 1 is 1.22 bits per heavy atom. The predicted octanol–water partition coefficient (Wildman–Crippen LogP) is 1.57. The Hall–Kier alpha value is -1.39. The van der Waals surface area contributed by atoms with E-state index in [0.717, 1.165) is 39.3 Å². The zero-order valence-electron chi connectivity index (χ0n) is 10.5. The van der Waals surface area contributed by atoms with Crippen molar-refractivity contribution in [2.24, 2.45) is 0 Å². The average molecular weight is 249 g/mol. The maximum Gasteiger partial charge on any atom is 0.338 e. The van der Waals surface area contributed by atoms with Gasteiger partial charge in [0.15, 0.2) is 0 Å². The van der Waals surface area contributed by atoms with Gasteiger partial charge in [0.25, 0.3) is 0 Å². The second kappa shape index (κ2) is 7.13. The van der Waals surface area contributed by atoms with Gasteiger partial charge in [0.05, 0.1) is 25.4 Å². The Morgan fingerprint density at radius 3 is 2.67 bits per heavy atom. The monoisotopic (exact) mass is 249 g/mol. The second-order valence-electron chi connectivity index (χ2n) is 4.31. The molecular weight excluding hydrogens is 230 g/mol. The van der Waals surface area contributed by atoms with Gasteiger partial charge in [0, 0.05) is 19.6 Å². The van der Waals surface area contributed by atoms with E-state index in [-0.39, 0.29) is 5.97 Å². The van der Waals surface area contributed by atoms with Crippen molar-refractivity contribution < 1.29 is 14.3 Å². The highest BCUT2D eigenvalue weighted by atomic mass is 16.5. The highest BCUT2D eigenvalue weighted by Gasteiger charge is 2.10. The van der Waals surface area contributed by atoms with Crippen LogP contribution in [-0.4, -0.2) is 50.3 Å². The number of rotatable bonds is 5. The Balaban J connectivity index is 1.62. The van der Waals surface area contributed by atoms with E-state index in [9.17, 15) is 4.79 Å². The van der Waals surface area contributed by atoms with Crippen molar-refractivity contribution in [3.05, 3.63) is 35.9 Å². The first-order valence-electron chi connectivity index (χ1n) is 6.38. The molecule has 4 heteroatoms. The molecule has 0 unspecified atom stereocenters. The molecular formula is C14H19NO3. The summed E-state index contributed by atoms with van der Waals surface area (Å²) in [5, 5.41) is 0. The molecule has 1 aliphatic heterocycles. The molecule has 0 N–H and O–H groups in total. The van der Waals surface area contributed by atoms with E-state index in [1.807, 2.05) is 18.2 Å². The zero-order chi connectivity index (χ0) is 12.6. The predicted molar refractivity (Wildman–Crippen MR) is 68.6 cm³/mol. The molecule has 18 heavy (non-hydrogen) atoms. The molecule has 1 aromatic rings. The van der Waals surface area contributed by atoms with Crippen molar-refractivity contribution in [1.82, 2.24) is 4.90 Å². The number of morpholine rings is 1. The van der Waals surface area contributed by atoms with Crippen molar-refractivity contribution in [2.45, 2.75) is 6.42 Å². The molecule has 0 bridgehead atoms. The molecule has 1 aromatic carbocycles. The van der Waals surface area contributed by atoms with Crippen LogP contribution >= 0.6 is 0 Å². The fourth-order valence-corrected chi connectivity index (χ4v) is 1.94. The first-order chi connectivity index (χ1) is 8.86. The Bertz CT molecular complexity index is 361. The minimum absolute atomic E-state index is 0.238. The topological polar surface area (TPSA) is 38.8 Å². The van der Waals surface area contributed by atoms with Gasteiger partial charge >= 0.3 is 5.97 Å². The van der Waals surface area contributed by atoms with Gasteiger partial charge in [-0.25, -0.2) is 4.79 Å². The van der Waals surface area contributed by atoms with E-state index in [0.29, 0.717) is 12.2 Å². The van der Waals surface area contributed by atoms with E-state index in [1.54, 1.807) is 12.1 Å². The molecule has 1 heterocycles. The minimum atomic E-state index is -0.238. The van der Waals surface area contributed by atoms with Crippen LogP contribution in [0.4, 0.5) is 0 Å². The van der Waals surface area contributed by atoms with E-state index in [2.05, 4.69) is 4.90 Å². The summed E-state index contributed by atoms with van der Waals surface area (Å²) in [4.78, 5) is 14.0. The van der Waals surface area contributed by atoms with Gasteiger partial charge in [0.2, 0.25) is 0 Å². The van der Waals surface area contributed by atoms with Gasteiger partial charge < -0.3 is 9.47 Å². The Kier molecular flexibility index (Phi) is 5.17. The summed E-state index contributed by atoms with van der Waals surface area (Å²) in [5.74, 6) is -0.238. The normalized spacial score (nSPS) is 16.4. The van der Waals surface area contributed by atoms with Crippen LogP contribution in [0.1, 0.15) is 16.8 Å². The molecule has 0 spiro atoms. The van der Waals surface area contributed by atoms with Crippen LogP contribution in [0.25, 0.3) is 0 Å². The van der Waals surface area contributed by atoms with Crippen molar-refractivity contribution in [3.8, 4) is 0 Å². The van der Waals surface area contributed by atoms with Crippen LogP contribution in [0.3, 0.4) is 0 Å². The summed E-state index contributed by atoms with van der Waals surface area (Å²) in [7, 11) is 0. The lowest BCUT2D eigenvalue weighted by molar-refractivity contribution is 0.0298. The fraction of sp³-hybridized carbons (Fsp3) is 0.500. The number of ether oxygens (including phenoxy) is 2. The lowest BCUT2D eigenvalue weighted by Gasteiger charge is -2.26. The molecule has 1 saturated heterocycles. The maximum absolute atomic E-state index is 11.6. The smallest absolute Gasteiger partial charge is 0.338 e. The Morgan fingerprint density at radius 2 is 1.94 bits per heavy atom. The first kappa shape index (κ1) is 13.1. The number of carbonyl (C=O) groups excluding carboxylic acids is 1. The summed E-state index contributed by atoms with van der Waals surface area (Å²) in [6.45, 7) is 5.02. The van der Waals surface area contributed by atoms with Gasteiger partial charge in [-0.15, -0.1) is 0 Å². The number of esters is 1. The van der Waals surface area contributed by atoms with Gasteiger partial charge in [-0.1, -0.05) is 18.2 Å². The van der Waals surface area contributed by atoms with Crippen molar-refractivity contribution in [3.63, 3.8) is 0 Å². The van der Waals surface area contributed by atoms with E-state index in [1.165, 1.54) is 0 Å². The third kappa shape index (κ3) is 4.13. The molecule has 2 rings (SSSR count). The highest BCUT2D eigenvalue weighted by molar-refractivity contribution is 5.89. The molecule has 0 aliphatic carbocycles. The number of carbonyl (C=O) groups is 1. The summed E-state index contributed by atoms with van der Waals surface area (Å²) in [6.07, 6.45) is 0.874. The van der Waals surface area contributed by atoms with Gasteiger partial charge in [0.1, 0.15) is 0 Å².